The van der Waals surface area contributed by atoms with Crippen molar-refractivity contribution in [1.82, 2.24) is 0 Å². The van der Waals surface area contributed by atoms with E-state index in [-0.39, 0.29) is 0 Å². The molecule has 0 aromatic heterocycles. The van der Waals surface area contributed by atoms with Gasteiger partial charge in [-0.15, -0.1) is 0 Å². The first-order valence-electron chi connectivity index (χ1n) is 19.3. The summed E-state index contributed by atoms with van der Waals surface area (Å²) in [6, 6.07) is 0. The Hall–Kier alpha value is -0.0400. The molecule has 40 heavy (non-hydrogen) atoms. The molecule has 0 saturated carbocycles. The molecule has 241 valence electrons. The SMILES string of the molecule is CCCCCCCCCCCCCCCCCCCCC[CH]OCCCCCCCCCCCCCCCCC. The maximum Gasteiger partial charge on any atom is 0.0836 e. The predicted octanol–water partition coefficient (Wildman–Crippen LogP) is 14.9. The quantitative estimate of drug-likeness (QED) is 0.0683. The fourth-order valence-corrected chi connectivity index (χ4v) is 6.03. The molecular weight excluding hydrogens is 484 g/mol. The smallest absolute Gasteiger partial charge is 0.0836 e. The molecule has 0 heterocycles. The van der Waals surface area contributed by atoms with Crippen molar-refractivity contribution in [2.45, 2.75) is 239 Å². The van der Waals surface area contributed by atoms with Gasteiger partial charge in [-0.1, -0.05) is 226 Å². The van der Waals surface area contributed by atoms with Crippen molar-refractivity contribution in [2.24, 2.45) is 0 Å². The second-order valence-electron chi connectivity index (χ2n) is 13.1. The summed E-state index contributed by atoms with van der Waals surface area (Å²) in [7, 11) is 0. The van der Waals surface area contributed by atoms with E-state index in [9.17, 15) is 0 Å². The summed E-state index contributed by atoms with van der Waals surface area (Å²) in [5.41, 5.74) is 0. The normalized spacial score (nSPS) is 11.6. The highest BCUT2D eigenvalue weighted by Gasteiger charge is 1.97. The first-order valence-corrected chi connectivity index (χ1v) is 19.3. The summed E-state index contributed by atoms with van der Waals surface area (Å²) >= 11 is 0. The van der Waals surface area contributed by atoms with E-state index in [2.05, 4.69) is 20.5 Å². The average Bonchev–Trinajstić information content (AvgIpc) is 2.97. The molecular formula is C39H79O. The van der Waals surface area contributed by atoms with Crippen LogP contribution in [-0.2, 0) is 4.74 Å². The van der Waals surface area contributed by atoms with Crippen molar-refractivity contribution in [3.05, 3.63) is 6.61 Å². The van der Waals surface area contributed by atoms with Gasteiger partial charge in [0.25, 0.3) is 0 Å². The Morgan fingerprint density at radius 2 is 0.500 bits per heavy atom. The van der Waals surface area contributed by atoms with Gasteiger partial charge in [-0.2, -0.15) is 0 Å². The number of hydrogen-bond acceptors (Lipinski definition) is 1. The maximum absolute atomic E-state index is 5.76. The molecule has 0 N–H and O–H groups in total. The van der Waals surface area contributed by atoms with Gasteiger partial charge < -0.3 is 4.74 Å². The van der Waals surface area contributed by atoms with Crippen molar-refractivity contribution in [3.8, 4) is 0 Å². The van der Waals surface area contributed by atoms with Gasteiger partial charge in [-0.25, -0.2) is 0 Å². The standard InChI is InChI=1S/C39H79O/c1-3-5-7-9-11-13-15-17-19-20-21-22-23-25-27-29-31-33-35-37-39-40-38-36-34-32-30-28-26-24-18-16-14-12-10-8-6-4-2/h39H,3-38H2,1-2H3. The van der Waals surface area contributed by atoms with Gasteiger partial charge in [0.05, 0.1) is 6.61 Å². The Labute approximate surface area is 256 Å². The molecule has 0 aliphatic heterocycles. The maximum atomic E-state index is 5.76. The van der Waals surface area contributed by atoms with Crippen molar-refractivity contribution in [2.75, 3.05) is 6.61 Å². The lowest BCUT2D eigenvalue weighted by Gasteiger charge is -2.05. The zero-order valence-electron chi connectivity index (χ0n) is 28.4. The third kappa shape index (κ3) is 38.0. The molecule has 1 nitrogen and oxygen atoms in total. The van der Waals surface area contributed by atoms with Crippen LogP contribution in [0.1, 0.15) is 239 Å². The highest BCUT2D eigenvalue weighted by atomic mass is 16.5. The zero-order chi connectivity index (χ0) is 28.9. The fraction of sp³-hybridized carbons (Fsp3) is 0.974. The van der Waals surface area contributed by atoms with Crippen LogP contribution in [-0.4, -0.2) is 6.61 Å². The van der Waals surface area contributed by atoms with Gasteiger partial charge in [0.15, 0.2) is 0 Å². The summed E-state index contributed by atoms with van der Waals surface area (Å²) < 4.78 is 5.76. The number of ether oxygens (including phenoxy) is 1. The molecule has 0 rings (SSSR count). The lowest BCUT2D eigenvalue weighted by Crippen LogP contribution is -1.92. The molecule has 1 heteroatoms. The van der Waals surface area contributed by atoms with Crippen molar-refractivity contribution in [3.63, 3.8) is 0 Å². The van der Waals surface area contributed by atoms with Gasteiger partial charge in [0.1, 0.15) is 0 Å². The first-order chi connectivity index (χ1) is 19.9. The number of rotatable bonds is 37. The molecule has 0 aliphatic carbocycles. The van der Waals surface area contributed by atoms with Crippen LogP contribution in [0.5, 0.6) is 0 Å². The topological polar surface area (TPSA) is 9.23 Å². The van der Waals surface area contributed by atoms with Crippen LogP contribution in [0.25, 0.3) is 0 Å². The van der Waals surface area contributed by atoms with E-state index in [0.29, 0.717) is 0 Å². The molecule has 0 aromatic carbocycles. The summed E-state index contributed by atoms with van der Waals surface area (Å²) in [5.74, 6) is 0. The summed E-state index contributed by atoms with van der Waals surface area (Å²) in [4.78, 5) is 0. The van der Waals surface area contributed by atoms with Crippen LogP contribution >= 0.6 is 0 Å². The van der Waals surface area contributed by atoms with Crippen molar-refractivity contribution < 1.29 is 4.74 Å². The molecule has 0 fully saturated rings. The highest BCUT2D eigenvalue weighted by molar-refractivity contribution is 4.55. The minimum absolute atomic E-state index is 0.942. The summed E-state index contributed by atoms with van der Waals surface area (Å²) in [6.07, 6.45) is 50.1. The summed E-state index contributed by atoms with van der Waals surface area (Å²) in [5, 5.41) is 0. The molecule has 0 spiro atoms. The van der Waals surface area contributed by atoms with E-state index in [1.807, 2.05) is 0 Å². The molecule has 0 bridgehead atoms. The molecule has 0 atom stereocenters. The van der Waals surface area contributed by atoms with Crippen LogP contribution < -0.4 is 0 Å². The second-order valence-corrected chi connectivity index (χ2v) is 13.1. The van der Waals surface area contributed by atoms with E-state index in [1.165, 1.54) is 218 Å². The molecule has 0 saturated heterocycles. The molecule has 0 aromatic rings. The second kappa shape index (κ2) is 39.0. The number of unbranched alkanes of at least 4 members (excludes halogenated alkanes) is 33. The molecule has 0 unspecified atom stereocenters. The van der Waals surface area contributed by atoms with Crippen LogP contribution in [0, 0.1) is 6.61 Å². The Morgan fingerprint density at radius 3 is 0.775 bits per heavy atom. The van der Waals surface area contributed by atoms with Crippen LogP contribution in [0.4, 0.5) is 0 Å². The van der Waals surface area contributed by atoms with Gasteiger partial charge in [0, 0.05) is 6.61 Å². The molecule has 1 radical (unpaired) electrons. The van der Waals surface area contributed by atoms with Crippen LogP contribution in [0.15, 0.2) is 0 Å². The lowest BCUT2D eigenvalue weighted by molar-refractivity contribution is 0.183. The zero-order valence-corrected chi connectivity index (χ0v) is 28.4. The Morgan fingerprint density at radius 1 is 0.275 bits per heavy atom. The van der Waals surface area contributed by atoms with Gasteiger partial charge >= 0.3 is 0 Å². The Balaban J connectivity index is 3.01. The van der Waals surface area contributed by atoms with Crippen molar-refractivity contribution in [1.29, 1.82) is 0 Å². The van der Waals surface area contributed by atoms with Gasteiger partial charge in [-0.05, 0) is 12.8 Å². The van der Waals surface area contributed by atoms with Crippen molar-refractivity contribution >= 4 is 0 Å². The van der Waals surface area contributed by atoms with E-state index in [0.717, 1.165) is 13.0 Å². The van der Waals surface area contributed by atoms with E-state index < -0.39 is 0 Å². The van der Waals surface area contributed by atoms with Crippen LogP contribution in [0.2, 0.25) is 0 Å². The lowest BCUT2D eigenvalue weighted by atomic mass is 10.0. The molecule has 0 amide bonds. The van der Waals surface area contributed by atoms with E-state index >= 15 is 0 Å². The third-order valence-corrected chi connectivity index (χ3v) is 8.91. The Kier molecular flexibility index (Phi) is 38.9. The Bertz CT molecular complexity index is 368. The van der Waals surface area contributed by atoms with Gasteiger partial charge in [0.2, 0.25) is 0 Å². The van der Waals surface area contributed by atoms with Gasteiger partial charge in [-0.3, -0.25) is 0 Å². The van der Waals surface area contributed by atoms with E-state index in [1.54, 1.807) is 0 Å². The first kappa shape index (κ1) is 40.0. The highest BCUT2D eigenvalue weighted by Crippen LogP contribution is 2.16. The predicted molar refractivity (Wildman–Crippen MR) is 183 cm³/mol. The van der Waals surface area contributed by atoms with Crippen LogP contribution in [0.3, 0.4) is 0 Å². The summed E-state index contributed by atoms with van der Waals surface area (Å²) in [6.45, 7) is 7.64. The minimum atomic E-state index is 0.942. The largest absolute Gasteiger partial charge is 0.376 e. The third-order valence-electron chi connectivity index (χ3n) is 8.91. The fourth-order valence-electron chi connectivity index (χ4n) is 6.03. The minimum Gasteiger partial charge on any atom is -0.376 e. The molecule has 0 aliphatic rings. The van der Waals surface area contributed by atoms with E-state index in [4.69, 9.17) is 4.74 Å². The monoisotopic (exact) mass is 564 g/mol. The number of hydrogen-bond donors (Lipinski definition) is 0. The average molecular weight is 564 g/mol.